The van der Waals surface area contributed by atoms with Gasteiger partial charge in [-0.3, -0.25) is 0 Å². The second kappa shape index (κ2) is 11.3. The van der Waals surface area contributed by atoms with Crippen molar-refractivity contribution in [2.24, 2.45) is 4.99 Å². The standard InChI is InChI=1S/C21H32N4O.HI/c1-6-16(17-11-9-8-10-12-17)13-24-20(22-7-2)25-15-19-23-14-18(26-19)21(3,4)5;/h8-12,14,16H,6-7,13,15H2,1-5H3,(H2,22,24,25);1H. The molecule has 2 rings (SSSR count). The lowest BCUT2D eigenvalue weighted by molar-refractivity contribution is 0.383. The van der Waals surface area contributed by atoms with Gasteiger partial charge in [0, 0.05) is 24.4 Å². The lowest BCUT2D eigenvalue weighted by atomic mass is 9.94. The van der Waals surface area contributed by atoms with E-state index in [-0.39, 0.29) is 29.4 Å². The summed E-state index contributed by atoms with van der Waals surface area (Å²) in [6, 6.07) is 10.6. The summed E-state index contributed by atoms with van der Waals surface area (Å²) in [6.45, 7) is 12.7. The lowest BCUT2D eigenvalue weighted by Gasteiger charge is -2.18. The predicted molar refractivity (Wildman–Crippen MR) is 123 cm³/mol. The Morgan fingerprint density at radius 3 is 2.41 bits per heavy atom. The van der Waals surface area contributed by atoms with E-state index < -0.39 is 0 Å². The van der Waals surface area contributed by atoms with Crippen LogP contribution in [0.1, 0.15) is 64.2 Å². The summed E-state index contributed by atoms with van der Waals surface area (Å²) < 4.78 is 5.82. The topological polar surface area (TPSA) is 62.5 Å². The largest absolute Gasteiger partial charge is 0.443 e. The van der Waals surface area contributed by atoms with Gasteiger partial charge in [-0.1, -0.05) is 58.0 Å². The third kappa shape index (κ3) is 7.52. The molecule has 1 aromatic carbocycles. The Bertz CT molecular complexity index is 692. The lowest BCUT2D eigenvalue weighted by Crippen LogP contribution is -2.39. The first-order valence-corrected chi connectivity index (χ1v) is 9.46. The second-order valence-corrected chi connectivity index (χ2v) is 7.46. The average molecular weight is 484 g/mol. The number of aromatic nitrogens is 1. The zero-order valence-electron chi connectivity index (χ0n) is 17.1. The molecule has 1 unspecified atom stereocenters. The molecule has 0 aliphatic rings. The van der Waals surface area contributed by atoms with Crippen LogP contribution >= 0.6 is 24.0 Å². The van der Waals surface area contributed by atoms with E-state index in [4.69, 9.17) is 4.42 Å². The number of nitrogens with one attached hydrogen (secondary N) is 2. The fraction of sp³-hybridized carbons (Fsp3) is 0.524. The first-order valence-electron chi connectivity index (χ1n) is 9.46. The Balaban J connectivity index is 0.00000364. The maximum absolute atomic E-state index is 5.82. The van der Waals surface area contributed by atoms with Crippen molar-refractivity contribution in [3.05, 3.63) is 53.7 Å². The highest BCUT2D eigenvalue weighted by molar-refractivity contribution is 14.0. The maximum atomic E-state index is 5.82. The van der Waals surface area contributed by atoms with Crippen molar-refractivity contribution in [2.45, 2.75) is 58.9 Å². The number of aliphatic imine (C=N–C) groups is 1. The van der Waals surface area contributed by atoms with Crippen LogP contribution in [0, 0.1) is 0 Å². The number of guanidine groups is 1. The van der Waals surface area contributed by atoms with Gasteiger partial charge in [0.25, 0.3) is 0 Å². The van der Waals surface area contributed by atoms with Gasteiger partial charge in [-0.15, -0.1) is 24.0 Å². The molecule has 0 aliphatic heterocycles. The number of hydrogen-bond acceptors (Lipinski definition) is 3. The van der Waals surface area contributed by atoms with Crippen LogP contribution in [-0.2, 0) is 12.0 Å². The van der Waals surface area contributed by atoms with Crippen molar-refractivity contribution >= 4 is 29.9 Å². The predicted octanol–water partition coefficient (Wildman–Crippen LogP) is 4.84. The number of hydrogen-bond donors (Lipinski definition) is 2. The molecule has 0 spiro atoms. The van der Waals surface area contributed by atoms with Crippen LogP contribution in [0.4, 0.5) is 0 Å². The zero-order chi connectivity index (χ0) is 19.0. The Morgan fingerprint density at radius 1 is 1.15 bits per heavy atom. The van der Waals surface area contributed by atoms with Crippen LogP contribution in [0.25, 0.3) is 0 Å². The molecule has 1 heterocycles. The number of benzene rings is 1. The van der Waals surface area contributed by atoms with Gasteiger partial charge in [0.1, 0.15) is 12.3 Å². The first kappa shape index (κ1) is 23.5. The molecule has 0 saturated heterocycles. The van der Waals surface area contributed by atoms with Gasteiger partial charge in [-0.2, -0.15) is 0 Å². The summed E-state index contributed by atoms with van der Waals surface area (Å²) in [4.78, 5) is 8.96. The van der Waals surface area contributed by atoms with Crippen molar-refractivity contribution in [3.63, 3.8) is 0 Å². The maximum Gasteiger partial charge on any atom is 0.216 e. The van der Waals surface area contributed by atoms with E-state index in [2.05, 4.69) is 85.6 Å². The summed E-state index contributed by atoms with van der Waals surface area (Å²) in [5, 5.41) is 6.74. The smallest absolute Gasteiger partial charge is 0.216 e. The van der Waals surface area contributed by atoms with Gasteiger partial charge < -0.3 is 15.1 Å². The van der Waals surface area contributed by atoms with Crippen molar-refractivity contribution in [1.82, 2.24) is 15.6 Å². The van der Waals surface area contributed by atoms with Gasteiger partial charge >= 0.3 is 0 Å². The van der Waals surface area contributed by atoms with Crippen LogP contribution < -0.4 is 10.6 Å². The highest BCUT2D eigenvalue weighted by atomic mass is 127. The van der Waals surface area contributed by atoms with E-state index >= 15 is 0 Å². The number of nitrogens with zero attached hydrogens (tertiary/aromatic N) is 2. The summed E-state index contributed by atoms with van der Waals surface area (Å²) in [5.41, 5.74) is 1.31. The van der Waals surface area contributed by atoms with E-state index in [0.29, 0.717) is 18.4 Å². The summed E-state index contributed by atoms with van der Waals surface area (Å²) in [6.07, 6.45) is 2.87. The molecule has 2 N–H and O–H groups in total. The SMILES string of the molecule is CCNC(=NCc1ncc(C(C)(C)C)o1)NCC(CC)c1ccccc1.I. The number of oxazole rings is 1. The van der Waals surface area contributed by atoms with Gasteiger partial charge in [-0.25, -0.2) is 9.98 Å². The summed E-state index contributed by atoms with van der Waals surface area (Å²) in [5.74, 6) is 2.77. The fourth-order valence-electron chi connectivity index (χ4n) is 2.66. The molecule has 5 nitrogen and oxygen atoms in total. The first-order chi connectivity index (χ1) is 12.4. The molecule has 2 aromatic rings. The van der Waals surface area contributed by atoms with Crippen molar-refractivity contribution in [2.75, 3.05) is 13.1 Å². The monoisotopic (exact) mass is 484 g/mol. The molecule has 1 atom stereocenters. The van der Waals surface area contributed by atoms with Crippen LogP contribution in [0.3, 0.4) is 0 Å². The molecule has 1 aromatic heterocycles. The molecular formula is C21H33IN4O. The van der Waals surface area contributed by atoms with Crippen LogP contribution in [0.15, 0.2) is 45.9 Å². The Labute approximate surface area is 180 Å². The Hall–Kier alpha value is -1.57. The van der Waals surface area contributed by atoms with Crippen LogP contribution in [0.5, 0.6) is 0 Å². The zero-order valence-corrected chi connectivity index (χ0v) is 19.4. The van der Waals surface area contributed by atoms with Crippen molar-refractivity contribution < 1.29 is 4.42 Å². The van der Waals surface area contributed by atoms with Crippen LogP contribution in [0.2, 0.25) is 0 Å². The van der Waals surface area contributed by atoms with Gasteiger partial charge in [0.15, 0.2) is 5.96 Å². The molecule has 0 saturated carbocycles. The highest BCUT2D eigenvalue weighted by Crippen LogP contribution is 2.22. The molecule has 0 radical (unpaired) electrons. The van der Waals surface area contributed by atoms with Gasteiger partial charge in [-0.05, 0) is 18.9 Å². The van der Waals surface area contributed by atoms with E-state index in [1.807, 2.05) is 0 Å². The Morgan fingerprint density at radius 2 is 1.85 bits per heavy atom. The van der Waals surface area contributed by atoms with E-state index in [1.165, 1.54) is 5.56 Å². The molecule has 0 fully saturated rings. The molecule has 0 amide bonds. The van der Waals surface area contributed by atoms with Crippen molar-refractivity contribution in [1.29, 1.82) is 0 Å². The third-order valence-electron chi connectivity index (χ3n) is 4.29. The molecule has 6 heteroatoms. The van der Waals surface area contributed by atoms with Crippen LogP contribution in [-0.4, -0.2) is 24.0 Å². The minimum atomic E-state index is -0.0399. The molecule has 0 aliphatic carbocycles. The summed E-state index contributed by atoms with van der Waals surface area (Å²) >= 11 is 0. The minimum absolute atomic E-state index is 0. The van der Waals surface area contributed by atoms with Gasteiger partial charge in [0.05, 0.1) is 6.20 Å². The van der Waals surface area contributed by atoms with Gasteiger partial charge in [0.2, 0.25) is 5.89 Å². The Kier molecular flexibility index (Phi) is 9.83. The van der Waals surface area contributed by atoms with E-state index in [9.17, 15) is 0 Å². The average Bonchev–Trinajstić information content (AvgIpc) is 3.10. The number of rotatable bonds is 7. The molecule has 27 heavy (non-hydrogen) atoms. The van der Waals surface area contributed by atoms with E-state index in [0.717, 1.165) is 31.2 Å². The third-order valence-corrected chi connectivity index (χ3v) is 4.29. The van der Waals surface area contributed by atoms with E-state index in [1.54, 1.807) is 6.20 Å². The minimum Gasteiger partial charge on any atom is -0.443 e. The summed E-state index contributed by atoms with van der Waals surface area (Å²) in [7, 11) is 0. The van der Waals surface area contributed by atoms with Crippen molar-refractivity contribution in [3.8, 4) is 0 Å². The normalized spacial score (nSPS) is 13.0. The molecule has 0 bridgehead atoms. The number of halogens is 1. The fourth-order valence-corrected chi connectivity index (χ4v) is 2.66. The highest BCUT2D eigenvalue weighted by Gasteiger charge is 2.19. The quantitative estimate of drug-likeness (QED) is 0.336. The molecular weight excluding hydrogens is 451 g/mol. The second-order valence-electron chi connectivity index (χ2n) is 7.46. The molecule has 150 valence electrons.